The number of aliphatic hydroxyl groups excluding tert-OH is 4. The van der Waals surface area contributed by atoms with Gasteiger partial charge in [0.25, 0.3) is 0 Å². The quantitative estimate of drug-likeness (QED) is 0.0301. The van der Waals surface area contributed by atoms with Gasteiger partial charge in [-0.15, -0.1) is 0 Å². The SMILES string of the molecule is CC/C=C\C/C=C\C/C=C\C/C=C\C/C=C\CC(=O)OC(COC(=O)CCCCCCC/C=C\CCCCCCC)COC1OC(CO)C(O)C(O)C1O. The van der Waals surface area contributed by atoms with Crippen LogP contribution >= 0.6 is 0 Å². The third-order valence-corrected chi connectivity index (χ3v) is 8.86. The molecule has 1 fully saturated rings. The van der Waals surface area contributed by atoms with Gasteiger partial charge in [-0.3, -0.25) is 9.59 Å². The molecule has 308 valence electrons. The molecule has 54 heavy (non-hydrogen) atoms. The second kappa shape index (κ2) is 34.6. The summed E-state index contributed by atoms with van der Waals surface area (Å²) in [6, 6.07) is 0. The molecule has 1 aliphatic rings. The van der Waals surface area contributed by atoms with Crippen molar-refractivity contribution in [3.05, 3.63) is 72.9 Å². The highest BCUT2D eigenvalue weighted by atomic mass is 16.7. The Bertz CT molecular complexity index is 1110. The lowest BCUT2D eigenvalue weighted by molar-refractivity contribution is -0.305. The summed E-state index contributed by atoms with van der Waals surface area (Å²) in [5.41, 5.74) is 0. The van der Waals surface area contributed by atoms with E-state index in [9.17, 15) is 30.0 Å². The van der Waals surface area contributed by atoms with Gasteiger partial charge in [-0.2, -0.15) is 0 Å². The number of unbranched alkanes of at least 4 members (excludes halogenated alkanes) is 10. The fourth-order valence-corrected chi connectivity index (χ4v) is 5.61. The Morgan fingerprint density at radius 3 is 1.72 bits per heavy atom. The summed E-state index contributed by atoms with van der Waals surface area (Å²) in [6.07, 6.45) is 35.1. The monoisotopic (exact) mass is 761 g/mol. The predicted molar refractivity (Wildman–Crippen MR) is 214 cm³/mol. The van der Waals surface area contributed by atoms with Crippen molar-refractivity contribution in [2.24, 2.45) is 0 Å². The van der Waals surface area contributed by atoms with E-state index in [0.717, 1.165) is 64.2 Å². The first-order chi connectivity index (χ1) is 26.3. The summed E-state index contributed by atoms with van der Waals surface area (Å²) in [7, 11) is 0. The standard InChI is InChI=1S/C44H72O10/c1-3-5-7-9-11-13-15-17-19-21-23-25-27-29-31-33-40(47)53-37(36-52-44-43(50)42(49)41(48)38(34-45)54-44)35-51-39(46)32-30-28-26-24-22-20-18-16-14-12-10-8-6-4-2/h5,7,11,13,16-19,23,25,29,31,37-38,41-45,48-50H,3-4,6,8-10,12,14-15,20-22,24,26-28,30,32-36H2,1-2H3/b7-5-,13-11-,18-16-,19-17-,25-23-,31-29-. The number of hydrogen-bond donors (Lipinski definition) is 4. The molecule has 0 spiro atoms. The van der Waals surface area contributed by atoms with Gasteiger partial charge in [0, 0.05) is 6.42 Å². The number of rotatable bonds is 32. The zero-order chi connectivity index (χ0) is 39.5. The van der Waals surface area contributed by atoms with Gasteiger partial charge in [-0.05, 0) is 64.2 Å². The van der Waals surface area contributed by atoms with E-state index < -0.39 is 55.4 Å². The lowest BCUT2D eigenvalue weighted by atomic mass is 9.99. The van der Waals surface area contributed by atoms with Crippen molar-refractivity contribution >= 4 is 11.9 Å². The first-order valence-electron chi connectivity index (χ1n) is 20.5. The lowest BCUT2D eigenvalue weighted by Gasteiger charge is -2.39. The van der Waals surface area contributed by atoms with Gasteiger partial charge in [-0.1, -0.05) is 132 Å². The van der Waals surface area contributed by atoms with Crippen LogP contribution in [0.25, 0.3) is 0 Å². The van der Waals surface area contributed by atoms with Crippen molar-refractivity contribution in [2.75, 3.05) is 19.8 Å². The number of allylic oxidation sites excluding steroid dienone is 11. The van der Waals surface area contributed by atoms with Crippen LogP contribution in [0.15, 0.2) is 72.9 Å². The molecule has 1 heterocycles. The molecule has 0 radical (unpaired) electrons. The van der Waals surface area contributed by atoms with Crippen LogP contribution in [0, 0.1) is 0 Å². The summed E-state index contributed by atoms with van der Waals surface area (Å²) in [5, 5.41) is 39.9. The fourth-order valence-electron chi connectivity index (χ4n) is 5.61. The summed E-state index contributed by atoms with van der Waals surface area (Å²) < 4.78 is 21.9. The highest BCUT2D eigenvalue weighted by Crippen LogP contribution is 2.22. The number of carbonyl (C=O) groups excluding carboxylic acids is 2. The van der Waals surface area contributed by atoms with Crippen LogP contribution in [0.5, 0.6) is 0 Å². The van der Waals surface area contributed by atoms with E-state index in [1.54, 1.807) is 6.08 Å². The minimum atomic E-state index is -1.61. The van der Waals surface area contributed by atoms with Crippen LogP contribution < -0.4 is 0 Å². The molecule has 6 atom stereocenters. The molecule has 1 aliphatic heterocycles. The molecule has 0 saturated carbocycles. The van der Waals surface area contributed by atoms with Gasteiger partial charge in [0.2, 0.25) is 0 Å². The molecule has 0 aromatic rings. The smallest absolute Gasteiger partial charge is 0.310 e. The van der Waals surface area contributed by atoms with Gasteiger partial charge < -0.3 is 39.4 Å². The maximum Gasteiger partial charge on any atom is 0.310 e. The zero-order valence-electron chi connectivity index (χ0n) is 33.2. The summed E-state index contributed by atoms with van der Waals surface area (Å²) in [4.78, 5) is 25.2. The molecule has 0 amide bonds. The van der Waals surface area contributed by atoms with E-state index in [4.69, 9.17) is 18.9 Å². The normalized spacial score (nSPS) is 21.5. The van der Waals surface area contributed by atoms with Crippen molar-refractivity contribution in [1.82, 2.24) is 0 Å². The number of ether oxygens (including phenoxy) is 4. The van der Waals surface area contributed by atoms with Crippen LogP contribution in [0.3, 0.4) is 0 Å². The first-order valence-corrected chi connectivity index (χ1v) is 20.5. The van der Waals surface area contributed by atoms with Crippen LogP contribution in [0.4, 0.5) is 0 Å². The number of carbonyl (C=O) groups is 2. The summed E-state index contributed by atoms with van der Waals surface area (Å²) in [6.45, 7) is 3.16. The molecule has 4 N–H and O–H groups in total. The summed E-state index contributed by atoms with van der Waals surface area (Å²) >= 11 is 0. The molecule has 1 saturated heterocycles. The van der Waals surface area contributed by atoms with E-state index >= 15 is 0 Å². The fraction of sp³-hybridized carbons (Fsp3) is 0.682. The van der Waals surface area contributed by atoms with E-state index in [-0.39, 0.29) is 26.1 Å². The van der Waals surface area contributed by atoms with Crippen LogP contribution in [0.1, 0.15) is 136 Å². The van der Waals surface area contributed by atoms with E-state index in [1.807, 2.05) is 12.2 Å². The Kier molecular flexibility index (Phi) is 31.5. The topological polar surface area (TPSA) is 152 Å². The van der Waals surface area contributed by atoms with Crippen molar-refractivity contribution < 1.29 is 49.0 Å². The molecule has 10 nitrogen and oxygen atoms in total. The largest absolute Gasteiger partial charge is 0.462 e. The molecule has 6 unspecified atom stereocenters. The van der Waals surface area contributed by atoms with Gasteiger partial charge in [0.1, 0.15) is 31.0 Å². The molecule has 0 aromatic heterocycles. The second-order valence-corrected chi connectivity index (χ2v) is 13.7. The highest BCUT2D eigenvalue weighted by Gasteiger charge is 2.44. The Morgan fingerprint density at radius 2 is 1.15 bits per heavy atom. The van der Waals surface area contributed by atoms with Crippen LogP contribution in [-0.4, -0.2) is 89.0 Å². The van der Waals surface area contributed by atoms with Gasteiger partial charge in [0.05, 0.1) is 19.6 Å². The average Bonchev–Trinajstić information content (AvgIpc) is 3.17. The molecule has 10 heteroatoms. The molecule has 0 bridgehead atoms. The van der Waals surface area contributed by atoms with Gasteiger partial charge in [-0.25, -0.2) is 0 Å². The molecule has 1 rings (SSSR count). The van der Waals surface area contributed by atoms with Crippen molar-refractivity contribution in [3.8, 4) is 0 Å². The Morgan fingerprint density at radius 1 is 0.611 bits per heavy atom. The van der Waals surface area contributed by atoms with E-state index in [2.05, 4.69) is 68.5 Å². The van der Waals surface area contributed by atoms with E-state index in [1.165, 1.54) is 32.1 Å². The average molecular weight is 761 g/mol. The Balaban J connectivity index is 2.46. The van der Waals surface area contributed by atoms with Crippen molar-refractivity contribution in [3.63, 3.8) is 0 Å². The lowest BCUT2D eigenvalue weighted by Crippen LogP contribution is -2.59. The van der Waals surface area contributed by atoms with Gasteiger partial charge >= 0.3 is 11.9 Å². The summed E-state index contributed by atoms with van der Waals surface area (Å²) in [5.74, 6) is -0.972. The highest BCUT2D eigenvalue weighted by molar-refractivity contribution is 5.71. The molecule has 0 aliphatic carbocycles. The minimum absolute atomic E-state index is 0.00709. The molecule has 0 aromatic carbocycles. The number of esters is 2. The van der Waals surface area contributed by atoms with Gasteiger partial charge in [0.15, 0.2) is 12.4 Å². The third-order valence-electron chi connectivity index (χ3n) is 8.86. The number of hydrogen-bond acceptors (Lipinski definition) is 10. The second-order valence-electron chi connectivity index (χ2n) is 13.7. The Hall–Kier alpha value is -2.86. The van der Waals surface area contributed by atoms with Crippen LogP contribution in [-0.2, 0) is 28.5 Å². The third kappa shape index (κ3) is 26.0. The van der Waals surface area contributed by atoms with Crippen LogP contribution in [0.2, 0.25) is 0 Å². The maximum atomic E-state index is 12.7. The minimum Gasteiger partial charge on any atom is -0.462 e. The van der Waals surface area contributed by atoms with E-state index in [0.29, 0.717) is 12.8 Å². The van der Waals surface area contributed by atoms with Crippen molar-refractivity contribution in [1.29, 1.82) is 0 Å². The predicted octanol–water partition coefficient (Wildman–Crippen LogP) is 8.05. The number of aliphatic hydroxyl groups is 4. The maximum absolute atomic E-state index is 12.7. The first kappa shape index (κ1) is 49.2. The Labute approximate surface area is 325 Å². The zero-order valence-corrected chi connectivity index (χ0v) is 33.2. The molecular formula is C44H72O10. The van der Waals surface area contributed by atoms with Crippen molar-refractivity contribution in [2.45, 2.75) is 173 Å². The molecular weight excluding hydrogens is 688 g/mol.